The Balaban J connectivity index is 1.21. The molecule has 4 heterocycles. The second-order valence-electron chi connectivity index (χ2n) is 21.9. The van der Waals surface area contributed by atoms with Gasteiger partial charge in [0.15, 0.2) is 0 Å². The van der Waals surface area contributed by atoms with E-state index in [1.54, 1.807) is 13.8 Å². The zero-order chi connectivity index (χ0) is 65.9. The van der Waals surface area contributed by atoms with Gasteiger partial charge in [-0.05, 0) is 49.1 Å². The van der Waals surface area contributed by atoms with Gasteiger partial charge in [-0.25, -0.2) is 0 Å². The number of rotatable bonds is 20. The molecule has 2 fully saturated rings. The Bertz CT molecular complexity index is 3230. The Hall–Kier alpha value is -9.27. The number of imide groups is 1. The summed E-state index contributed by atoms with van der Waals surface area (Å²) < 4.78 is 0. The molecule has 1 unspecified atom stereocenters. The quantitative estimate of drug-likeness (QED) is 0.0374. The lowest BCUT2D eigenvalue weighted by Crippen LogP contribution is -2.61. The van der Waals surface area contributed by atoms with E-state index in [1.165, 1.54) is 38.1 Å². The fourth-order valence-electron chi connectivity index (χ4n) is 9.68. The molecule has 14 amide bonds. The first kappa shape index (κ1) is 69.8. The van der Waals surface area contributed by atoms with Gasteiger partial charge >= 0.3 is 0 Å². The molecule has 10 atom stereocenters. The third-order valence-corrected chi connectivity index (χ3v) is 16.4. The summed E-state index contributed by atoms with van der Waals surface area (Å²) in [6.45, 7) is 3.51. The number of anilines is 1. The highest BCUT2D eigenvalue weighted by atomic mass is 32.2. The van der Waals surface area contributed by atoms with Crippen LogP contribution < -0.4 is 58.5 Å². The summed E-state index contributed by atoms with van der Waals surface area (Å²) in [5.41, 5.74) is 2.31. The van der Waals surface area contributed by atoms with Crippen LogP contribution in [0.3, 0.4) is 0 Å². The third kappa shape index (κ3) is 19.6. The van der Waals surface area contributed by atoms with Gasteiger partial charge in [0.2, 0.25) is 70.9 Å². The molecule has 6 rings (SSSR count). The number of hydrogen-bond donors (Lipinski definition) is 15. The highest BCUT2D eigenvalue weighted by Gasteiger charge is 2.44. The highest BCUT2D eigenvalue weighted by Crippen LogP contribution is 2.30. The number of aliphatic hydroxyl groups is 3. The summed E-state index contributed by atoms with van der Waals surface area (Å²) in [7, 11) is 0. The molecule has 32 heteroatoms. The van der Waals surface area contributed by atoms with Crippen LogP contribution in [0.4, 0.5) is 5.69 Å². The van der Waals surface area contributed by atoms with Crippen LogP contribution >= 0.6 is 11.8 Å². The van der Waals surface area contributed by atoms with Gasteiger partial charge in [-0.2, -0.15) is 0 Å². The molecule has 486 valence electrons. The first-order chi connectivity index (χ1) is 42.8. The summed E-state index contributed by atoms with van der Waals surface area (Å²) in [4.78, 5) is 192. The number of amides is 14. The molecule has 90 heavy (non-hydrogen) atoms. The lowest BCUT2D eigenvalue weighted by Gasteiger charge is -2.32. The molecule has 2 aromatic carbocycles. The summed E-state index contributed by atoms with van der Waals surface area (Å²) in [6, 6.07) is 4.43. The number of nitrogens with one attached hydrogen (secondary N) is 12. The molecule has 31 nitrogen and oxygen atoms in total. The van der Waals surface area contributed by atoms with Gasteiger partial charge in [-0.1, -0.05) is 57.5 Å². The fourth-order valence-corrected chi connectivity index (χ4v) is 10.8. The second kappa shape index (κ2) is 32.8. The predicted molar refractivity (Wildman–Crippen MR) is 321 cm³/mol. The standard InChI is InChI=1S/C58H76N14O17S/c1-6-29(2)50-55(87)63-25-46(80)66-39(28-90-57-30(3)36-9-7-8-10-37(36)68-57)53(85)67-38(58(89)72-26-35(74)19-40(72)54(86)70-51(31(4)41(75)27-73)56(88)62-22-44(78)61-24-47(81)69-50)20-43(77)59-21-33-11-13-34(14-12-33)65-52(84)32(5)64-45(79)23-60-42(76)17-18-71-48(82)15-16-49(71)83/h7-16,29,31-32,35,38-41,50-51,68,73-75H,6,17-28H2,1-5H3,(H,59,77)(H,60,76)(H,61,78)(H,62,88)(H,63,87)(H,64,79)(H,65,84)(H,66,80)(H,67,85)(H,69,81)(H,70,86)/t29-,31-,32-,35+,38-,39?,40-,41-,50-,51-/m0/s1. The van der Waals surface area contributed by atoms with E-state index in [0.29, 0.717) is 17.0 Å². The molecule has 3 aromatic rings. The van der Waals surface area contributed by atoms with Crippen molar-refractivity contribution in [2.24, 2.45) is 11.8 Å². The number of aliphatic hydroxyl groups excluding tert-OH is 3. The van der Waals surface area contributed by atoms with Crippen LogP contribution in [-0.4, -0.2) is 213 Å². The molecular weight excluding hydrogens is 1200 g/mol. The lowest BCUT2D eigenvalue weighted by atomic mass is 9.94. The molecule has 0 saturated carbocycles. The maximum Gasteiger partial charge on any atom is 0.253 e. The monoisotopic (exact) mass is 1270 g/mol. The largest absolute Gasteiger partial charge is 0.394 e. The van der Waals surface area contributed by atoms with Crippen LogP contribution in [0.2, 0.25) is 0 Å². The number of aromatic nitrogens is 1. The summed E-state index contributed by atoms with van der Waals surface area (Å²) in [5, 5.41) is 60.4. The van der Waals surface area contributed by atoms with E-state index in [0.717, 1.165) is 50.2 Å². The van der Waals surface area contributed by atoms with Crippen molar-refractivity contribution in [2.75, 3.05) is 56.9 Å². The van der Waals surface area contributed by atoms with Crippen molar-refractivity contribution in [3.05, 3.63) is 71.8 Å². The van der Waals surface area contributed by atoms with Crippen molar-refractivity contribution in [2.45, 2.75) is 120 Å². The van der Waals surface area contributed by atoms with E-state index >= 15 is 0 Å². The van der Waals surface area contributed by atoms with Gasteiger partial charge in [0.25, 0.3) is 11.8 Å². The minimum atomic E-state index is -1.84. The molecule has 0 bridgehead atoms. The normalized spacial score (nSPS) is 22.3. The molecule has 0 radical (unpaired) electrons. The number of thioether (sulfide) groups is 1. The number of nitrogens with zero attached hydrogens (tertiary/aromatic N) is 2. The maximum atomic E-state index is 15.0. The van der Waals surface area contributed by atoms with Gasteiger partial charge < -0.3 is 83.7 Å². The van der Waals surface area contributed by atoms with Crippen LogP contribution in [0.1, 0.15) is 64.5 Å². The van der Waals surface area contributed by atoms with Gasteiger partial charge in [0, 0.05) is 72.9 Å². The maximum absolute atomic E-state index is 15.0. The van der Waals surface area contributed by atoms with Gasteiger partial charge in [0.05, 0.1) is 56.4 Å². The minimum Gasteiger partial charge on any atom is -0.394 e. The SMILES string of the molecule is CC[C@H](C)[C@@H]1NC(=O)CNC(=O)CNC(=O)[C@H]([C@@H](C)[C@@H](O)CO)NC(=O)[C@@H]2C[C@@H](O)CN2C(=O)[C@H](CC(=O)NCc2ccc(NC(=O)[C@H](C)NC(=O)CNC(=O)CCN3C(=O)C=CC3=O)cc2)NC(=O)C(CSc2[nH]c3ccccc3c2C)NC(=O)CNC1=O. The fraction of sp³-hybridized carbons (Fsp3) is 0.483. The Labute approximate surface area is 520 Å². The molecule has 3 aliphatic heterocycles. The number of fused-ring (bicyclic) bond motifs is 2. The number of hydrogen-bond acceptors (Lipinski definition) is 18. The number of carbonyl (C=O) groups is 14. The predicted octanol–water partition coefficient (Wildman–Crippen LogP) is -4.55. The van der Waals surface area contributed by atoms with Crippen LogP contribution in [0.25, 0.3) is 10.9 Å². The van der Waals surface area contributed by atoms with Crippen molar-refractivity contribution in [3.63, 3.8) is 0 Å². The van der Waals surface area contributed by atoms with Gasteiger partial charge in [-0.3, -0.25) is 72.0 Å². The van der Waals surface area contributed by atoms with E-state index in [2.05, 4.69) is 63.5 Å². The highest BCUT2D eigenvalue weighted by molar-refractivity contribution is 7.99. The molecular formula is C58H76N14O17S. The van der Waals surface area contributed by atoms with Crippen LogP contribution in [0.5, 0.6) is 0 Å². The van der Waals surface area contributed by atoms with E-state index in [-0.39, 0.29) is 31.0 Å². The number of benzene rings is 2. The van der Waals surface area contributed by atoms with Crippen molar-refractivity contribution in [3.8, 4) is 0 Å². The first-order valence-electron chi connectivity index (χ1n) is 29.0. The number of carbonyl (C=O) groups excluding carboxylic acids is 14. The minimum absolute atomic E-state index is 0.189. The Morgan fingerprint density at radius 3 is 2.03 bits per heavy atom. The molecule has 0 aliphatic carbocycles. The molecule has 2 saturated heterocycles. The Kier molecular flexibility index (Phi) is 25.5. The Morgan fingerprint density at radius 1 is 0.722 bits per heavy atom. The molecule has 15 N–H and O–H groups in total. The van der Waals surface area contributed by atoms with Crippen molar-refractivity contribution in [1.29, 1.82) is 0 Å². The zero-order valence-electron chi connectivity index (χ0n) is 50.1. The Morgan fingerprint density at radius 2 is 1.37 bits per heavy atom. The zero-order valence-corrected chi connectivity index (χ0v) is 50.9. The van der Waals surface area contributed by atoms with Crippen LogP contribution in [0.15, 0.2) is 65.7 Å². The molecule has 1 aromatic heterocycles. The van der Waals surface area contributed by atoms with E-state index in [4.69, 9.17) is 0 Å². The topological polar surface area (TPSA) is 454 Å². The number of aryl methyl sites for hydroxylation is 1. The van der Waals surface area contributed by atoms with Gasteiger partial charge in [0.1, 0.15) is 36.3 Å². The number of aromatic amines is 1. The average molecular weight is 1270 g/mol. The third-order valence-electron chi connectivity index (χ3n) is 15.2. The smallest absolute Gasteiger partial charge is 0.253 e. The first-order valence-corrected chi connectivity index (χ1v) is 30.0. The number of H-pyrrole nitrogens is 1. The van der Waals surface area contributed by atoms with Crippen LogP contribution in [-0.2, 0) is 73.7 Å². The van der Waals surface area contributed by atoms with Crippen LogP contribution in [0, 0.1) is 18.8 Å². The van der Waals surface area contributed by atoms with Crippen molar-refractivity contribution in [1.82, 2.24) is 68.0 Å². The van der Waals surface area contributed by atoms with Crippen molar-refractivity contribution < 1.29 is 82.4 Å². The van der Waals surface area contributed by atoms with Crippen molar-refractivity contribution >= 4 is 111 Å². The second-order valence-corrected chi connectivity index (χ2v) is 22.9. The summed E-state index contributed by atoms with van der Waals surface area (Å²) in [6.07, 6.45) is -1.97. The number of para-hydroxylation sites is 1. The average Bonchev–Trinajstić information content (AvgIpc) is 1.75. The van der Waals surface area contributed by atoms with E-state index in [9.17, 15) is 82.4 Å². The van der Waals surface area contributed by atoms with Gasteiger partial charge in [-0.15, -0.1) is 11.8 Å². The molecule has 3 aliphatic rings. The van der Waals surface area contributed by atoms with E-state index in [1.807, 2.05) is 31.2 Å². The summed E-state index contributed by atoms with van der Waals surface area (Å²) >= 11 is 1.13. The molecule has 0 spiro atoms. The lowest BCUT2D eigenvalue weighted by molar-refractivity contribution is -0.144. The summed E-state index contributed by atoms with van der Waals surface area (Å²) in [5.74, 6) is -13.5. The van der Waals surface area contributed by atoms with E-state index < -0.39 is 195 Å².